The summed E-state index contributed by atoms with van der Waals surface area (Å²) in [4.78, 5) is 10.5. The molecule has 1 aromatic heterocycles. The van der Waals surface area contributed by atoms with Gasteiger partial charge < -0.3 is 25.5 Å². The van der Waals surface area contributed by atoms with Crippen LogP contribution in [-0.2, 0) is 0 Å². The lowest BCUT2D eigenvalue weighted by Crippen LogP contribution is -2.42. The van der Waals surface area contributed by atoms with Crippen LogP contribution in [0.1, 0.15) is 24.3 Å². The van der Waals surface area contributed by atoms with Crippen molar-refractivity contribution in [1.82, 2.24) is 20.4 Å². The first-order chi connectivity index (χ1) is 13.7. The Labute approximate surface area is 172 Å². The van der Waals surface area contributed by atoms with Gasteiger partial charge in [-0.3, -0.25) is 4.99 Å². The number of rotatable bonds is 7. The van der Waals surface area contributed by atoms with Gasteiger partial charge in [-0.1, -0.05) is 18.2 Å². The number of guanidine groups is 1. The van der Waals surface area contributed by atoms with Crippen molar-refractivity contribution in [3.8, 4) is 0 Å². The second kappa shape index (κ2) is 10.8. The van der Waals surface area contributed by atoms with Gasteiger partial charge in [-0.15, -0.1) is 11.3 Å². The fourth-order valence-corrected chi connectivity index (χ4v) is 4.47. The van der Waals surface area contributed by atoms with Gasteiger partial charge in [-0.2, -0.15) is 0 Å². The van der Waals surface area contributed by atoms with E-state index in [1.165, 1.54) is 23.1 Å². The van der Waals surface area contributed by atoms with Crippen LogP contribution >= 0.6 is 11.3 Å². The molecule has 1 saturated heterocycles. The molecule has 0 amide bonds. The van der Waals surface area contributed by atoms with Gasteiger partial charge in [0, 0.05) is 42.3 Å². The summed E-state index contributed by atoms with van der Waals surface area (Å²) < 4.78 is 1.20. The van der Waals surface area contributed by atoms with Gasteiger partial charge in [0.15, 0.2) is 5.96 Å². The van der Waals surface area contributed by atoms with Crippen LogP contribution in [0.15, 0.2) is 35.3 Å². The van der Waals surface area contributed by atoms with Crippen molar-refractivity contribution < 1.29 is 5.11 Å². The normalized spacial score (nSPS) is 18.2. The third-order valence-electron chi connectivity index (χ3n) is 5.07. The minimum Gasteiger partial charge on any atom is -0.386 e. The Balaban J connectivity index is 1.50. The highest BCUT2D eigenvalue weighted by molar-refractivity contribution is 7.19. The lowest BCUT2D eigenvalue weighted by Gasteiger charge is -2.21. The number of aliphatic hydroxyl groups excluding tert-OH is 1. The number of hydrogen-bond acceptors (Lipinski definition) is 5. The maximum absolute atomic E-state index is 10.6. The molecule has 2 aromatic rings. The number of benzene rings is 1. The predicted molar refractivity (Wildman–Crippen MR) is 119 cm³/mol. The molecule has 0 aliphatic carbocycles. The zero-order chi connectivity index (χ0) is 19.8. The Hall–Kier alpha value is -1.67. The number of nitrogens with zero attached hydrogens (tertiary/aromatic N) is 3. The van der Waals surface area contributed by atoms with Crippen molar-refractivity contribution in [2.24, 2.45) is 4.99 Å². The van der Waals surface area contributed by atoms with E-state index in [1.807, 2.05) is 12.1 Å². The molecule has 3 N–H and O–H groups in total. The first kappa shape index (κ1) is 21.0. The lowest BCUT2D eigenvalue weighted by molar-refractivity contribution is 0.191. The van der Waals surface area contributed by atoms with Crippen molar-refractivity contribution >= 4 is 27.4 Å². The van der Waals surface area contributed by atoms with Crippen molar-refractivity contribution in [3.63, 3.8) is 0 Å². The average Bonchev–Trinajstić information content (AvgIpc) is 3.03. The van der Waals surface area contributed by atoms with Gasteiger partial charge in [0.1, 0.15) is 6.10 Å². The molecule has 2 heterocycles. The van der Waals surface area contributed by atoms with Gasteiger partial charge in [-0.25, -0.2) is 0 Å². The Morgan fingerprint density at radius 2 is 2.07 bits per heavy atom. The third-order valence-corrected chi connectivity index (χ3v) is 6.29. The van der Waals surface area contributed by atoms with Crippen LogP contribution in [0.5, 0.6) is 0 Å². The third kappa shape index (κ3) is 6.17. The summed E-state index contributed by atoms with van der Waals surface area (Å²) in [7, 11) is 2.19. The molecular weight excluding hydrogens is 370 g/mol. The molecule has 1 aromatic carbocycles. The van der Waals surface area contributed by atoms with Crippen LogP contribution < -0.4 is 10.6 Å². The van der Waals surface area contributed by atoms with Crippen LogP contribution in [-0.4, -0.2) is 80.3 Å². The zero-order valence-electron chi connectivity index (χ0n) is 17.0. The molecule has 1 fully saturated rings. The van der Waals surface area contributed by atoms with Crippen LogP contribution in [0.25, 0.3) is 10.1 Å². The van der Waals surface area contributed by atoms with E-state index in [9.17, 15) is 5.11 Å². The van der Waals surface area contributed by atoms with Crippen LogP contribution in [0.3, 0.4) is 0 Å². The first-order valence-electron chi connectivity index (χ1n) is 10.3. The van der Waals surface area contributed by atoms with E-state index in [0.29, 0.717) is 6.54 Å². The van der Waals surface area contributed by atoms with Gasteiger partial charge in [0.2, 0.25) is 0 Å². The minimum atomic E-state index is -0.575. The Morgan fingerprint density at radius 1 is 1.21 bits per heavy atom. The summed E-state index contributed by atoms with van der Waals surface area (Å²) in [6.45, 7) is 9.69. The van der Waals surface area contributed by atoms with Gasteiger partial charge in [0.25, 0.3) is 0 Å². The summed E-state index contributed by atoms with van der Waals surface area (Å²) >= 11 is 1.64. The van der Waals surface area contributed by atoms with E-state index >= 15 is 0 Å². The van der Waals surface area contributed by atoms with Gasteiger partial charge in [0.05, 0.1) is 6.54 Å². The molecule has 3 rings (SSSR count). The zero-order valence-corrected chi connectivity index (χ0v) is 17.8. The van der Waals surface area contributed by atoms with Crippen molar-refractivity contribution in [1.29, 1.82) is 0 Å². The maximum atomic E-state index is 10.6. The lowest BCUT2D eigenvalue weighted by atomic mass is 10.2. The molecule has 1 aliphatic rings. The topological polar surface area (TPSA) is 63.1 Å². The number of hydrogen-bond donors (Lipinski definition) is 3. The minimum absolute atomic E-state index is 0.358. The molecule has 1 unspecified atom stereocenters. The first-order valence-corrected chi connectivity index (χ1v) is 11.1. The van der Waals surface area contributed by atoms with Crippen molar-refractivity contribution in [3.05, 3.63) is 35.2 Å². The van der Waals surface area contributed by atoms with Crippen molar-refractivity contribution in [2.45, 2.75) is 19.4 Å². The second-order valence-electron chi connectivity index (χ2n) is 7.35. The van der Waals surface area contributed by atoms with Crippen LogP contribution in [0.4, 0.5) is 0 Å². The molecule has 28 heavy (non-hydrogen) atoms. The Bertz CT molecular complexity index is 729. The summed E-state index contributed by atoms with van der Waals surface area (Å²) in [6.07, 6.45) is 0.653. The van der Waals surface area contributed by atoms with Crippen molar-refractivity contribution in [2.75, 3.05) is 59.4 Å². The maximum Gasteiger partial charge on any atom is 0.191 e. The Kier molecular flexibility index (Phi) is 8.09. The van der Waals surface area contributed by atoms with E-state index in [0.717, 1.165) is 50.1 Å². The molecule has 154 valence electrons. The molecule has 6 nitrogen and oxygen atoms in total. The summed E-state index contributed by atoms with van der Waals surface area (Å²) in [6, 6.07) is 10.3. The number of fused-ring (bicyclic) bond motifs is 1. The Morgan fingerprint density at radius 3 is 2.89 bits per heavy atom. The fourth-order valence-electron chi connectivity index (χ4n) is 3.43. The predicted octanol–water partition coefficient (Wildman–Crippen LogP) is 2.13. The van der Waals surface area contributed by atoms with Crippen LogP contribution in [0.2, 0.25) is 0 Å². The molecular formula is C21H33N5OS. The molecule has 1 aliphatic heterocycles. The standard InChI is InChI=1S/C21H33N5OS/c1-3-22-21(23-9-12-26-11-6-10-25(2)13-14-26)24-16-18(27)20-15-17-7-4-5-8-19(17)28-20/h4-5,7-8,15,18,27H,3,6,9-14,16H2,1-2H3,(H2,22,23,24). The molecule has 0 bridgehead atoms. The molecule has 0 radical (unpaired) electrons. The van der Waals surface area contributed by atoms with Crippen LogP contribution in [0, 0.1) is 0 Å². The highest BCUT2D eigenvalue weighted by Gasteiger charge is 2.13. The quantitative estimate of drug-likeness (QED) is 0.488. The number of likely N-dealkylation sites (N-methyl/N-ethyl adjacent to an activating group) is 1. The molecule has 7 heteroatoms. The molecule has 0 spiro atoms. The summed E-state index contributed by atoms with van der Waals surface area (Å²) in [5.74, 6) is 0.773. The van der Waals surface area contributed by atoms with Gasteiger partial charge >= 0.3 is 0 Å². The number of aliphatic imine (C=N–C) groups is 1. The number of nitrogens with one attached hydrogen (secondary N) is 2. The van der Waals surface area contributed by atoms with E-state index < -0.39 is 6.10 Å². The molecule has 1 atom stereocenters. The summed E-state index contributed by atoms with van der Waals surface area (Å²) in [5.41, 5.74) is 0. The monoisotopic (exact) mass is 403 g/mol. The largest absolute Gasteiger partial charge is 0.386 e. The molecule has 0 saturated carbocycles. The fraction of sp³-hybridized carbons (Fsp3) is 0.571. The highest BCUT2D eigenvalue weighted by atomic mass is 32.1. The van der Waals surface area contributed by atoms with E-state index in [4.69, 9.17) is 0 Å². The number of thiophene rings is 1. The highest BCUT2D eigenvalue weighted by Crippen LogP contribution is 2.29. The smallest absolute Gasteiger partial charge is 0.191 e. The van der Waals surface area contributed by atoms with Gasteiger partial charge in [-0.05, 0) is 51.0 Å². The van der Waals surface area contributed by atoms with E-state index in [1.54, 1.807) is 11.3 Å². The van der Waals surface area contributed by atoms with E-state index in [2.05, 4.69) is 57.6 Å². The summed E-state index contributed by atoms with van der Waals surface area (Å²) in [5, 5.41) is 18.4. The van der Waals surface area contributed by atoms with E-state index in [-0.39, 0.29) is 0 Å². The SMILES string of the molecule is CCNC(=NCC(O)c1cc2ccccc2s1)NCCN1CCCN(C)CC1. The second-order valence-corrected chi connectivity index (χ2v) is 8.46. The average molecular weight is 404 g/mol. The number of aliphatic hydroxyl groups is 1.